The lowest BCUT2D eigenvalue weighted by atomic mass is 9.76. The van der Waals surface area contributed by atoms with Crippen LogP contribution in [0.4, 0.5) is 9.93 Å². The van der Waals surface area contributed by atoms with Crippen LogP contribution >= 0.6 is 11.3 Å². The molecule has 1 saturated carbocycles. The van der Waals surface area contributed by atoms with Crippen molar-refractivity contribution < 1.29 is 24.2 Å². The number of benzene rings is 2. The van der Waals surface area contributed by atoms with E-state index in [1.54, 1.807) is 6.92 Å². The first kappa shape index (κ1) is 22.1. The molecule has 1 aromatic heterocycles. The van der Waals surface area contributed by atoms with E-state index in [9.17, 15) is 19.5 Å². The number of fused-ring (bicyclic) bond motifs is 3. The fourth-order valence-corrected chi connectivity index (χ4v) is 5.43. The molecule has 2 aliphatic rings. The van der Waals surface area contributed by atoms with Crippen molar-refractivity contribution in [2.75, 3.05) is 11.9 Å². The second kappa shape index (κ2) is 8.57. The lowest BCUT2D eigenvalue weighted by Gasteiger charge is -2.38. The number of aliphatic carboxylic acids is 1. The second-order valence-electron chi connectivity index (χ2n) is 8.58. The molecule has 1 fully saturated rings. The summed E-state index contributed by atoms with van der Waals surface area (Å²) in [7, 11) is 0. The molecule has 0 radical (unpaired) electrons. The van der Waals surface area contributed by atoms with Gasteiger partial charge >= 0.3 is 12.1 Å². The SMILES string of the molecule is Cc1nc(NC(=O)OCC2c3ccccc3-c3ccccc32)sc1C(=O)NC1(C(=O)O)CCC1. The van der Waals surface area contributed by atoms with Gasteiger partial charge in [-0.25, -0.2) is 14.6 Å². The molecule has 5 rings (SSSR count). The van der Waals surface area contributed by atoms with Gasteiger partial charge in [0.05, 0.1) is 5.69 Å². The third kappa shape index (κ3) is 3.81. The summed E-state index contributed by atoms with van der Waals surface area (Å²) >= 11 is 0.990. The van der Waals surface area contributed by atoms with Crippen molar-refractivity contribution in [1.82, 2.24) is 10.3 Å². The van der Waals surface area contributed by atoms with Gasteiger partial charge in [0.25, 0.3) is 5.91 Å². The highest BCUT2D eigenvalue weighted by atomic mass is 32.1. The van der Waals surface area contributed by atoms with Crippen LogP contribution in [0, 0.1) is 6.92 Å². The van der Waals surface area contributed by atoms with Gasteiger partial charge in [-0.3, -0.25) is 10.1 Å². The average Bonchev–Trinajstić information content (AvgIpc) is 3.32. The molecule has 9 heteroatoms. The summed E-state index contributed by atoms with van der Waals surface area (Å²) in [4.78, 5) is 41.2. The van der Waals surface area contributed by atoms with Crippen LogP contribution in [0.1, 0.15) is 51.7 Å². The number of carbonyl (C=O) groups is 3. The van der Waals surface area contributed by atoms with Crippen LogP contribution in [0.5, 0.6) is 0 Å². The monoisotopic (exact) mass is 477 g/mol. The number of anilines is 1. The minimum Gasteiger partial charge on any atom is -0.480 e. The van der Waals surface area contributed by atoms with Gasteiger partial charge in [0, 0.05) is 5.92 Å². The summed E-state index contributed by atoms with van der Waals surface area (Å²) < 4.78 is 5.53. The molecule has 3 N–H and O–H groups in total. The third-order valence-corrected chi connectivity index (χ3v) is 7.60. The number of aromatic nitrogens is 1. The first-order valence-corrected chi connectivity index (χ1v) is 11.8. The van der Waals surface area contributed by atoms with E-state index in [0.717, 1.165) is 40.0 Å². The molecule has 34 heavy (non-hydrogen) atoms. The standard InChI is InChI=1S/C25H23N3O5S/c1-14-20(21(29)28-25(22(30)31)11-6-12-25)34-23(26-14)27-24(32)33-13-19-17-9-4-2-7-15(17)16-8-3-5-10-18(16)19/h2-5,7-10,19H,6,11-13H2,1H3,(H,28,29)(H,30,31)(H,26,27,32). The summed E-state index contributed by atoms with van der Waals surface area (Å²) in [6, 6.07) is 16.2. The Balaban J connectivity index is 1.24. The molecular formula is C25H23N3O5S. The maximum atomic E-state index is 12.7. The van der Waals surface area contributed by atoms with Crippen LogP contribution in [-0.2, 0) is 9.53 Å². The van der Waals surface area contributed by atoms with E-state index in [1.807, 2.05) is 36.4 Å². The lowest BCUT2D eigenvalue weighted by Crippen LogP contribution is -2.59. The van der Waals surface area contributed by atoms with Gasteiger partial charge in [-0.05, 0) is 48.4 Å². The number of aryl methyl sites for hydroxylation is 1. The van der Waals surface area contributed by atoms with Crippen LogP contribution in [-0.4, -0.2) is 40.2 Å². The van der Waals surface area contributed by atoms with E-state index in [2.05, 4.69) is 27.8 Å². The first-order chi connectivity index (χ1) is 16.4. The Morgan fingerprint density at radius 2 is 1.71 bits per heavy atom. The summed E-state index contributed by atoms with van der Waals surface area (Å²) in [6.07, 6.45) is 0.889. The molecular weight excluding hydrogens is 454 g/mol. The van der Waals surface area contributed by atoms with E-state index < -0.39 is 23.5 Å². The molecule has 8 nitrogen and oxygen atoms in total. The van der Waals surface area contributed by atoms with Crippen molar-refractivity contribution >= 4 is 34.4 Å². The lowest BCUT2D eigenvalue weighted by molar-refractivity contribution is -0.148. The minimum absolute atomic E-state index is 0.0628. The summed E-state index contributed by atoms with van der Waals surface area (Å²) in [5, 5.41) is 14.9. The minimum atomic E-state index is -1.21. The number of ether oxygens (including phenoxy) is 1. The molecule has 3 aromatic rings. The Hall–Kier alpha value is -3.72. The van der Waals surface area contributed by atoms with Crippen LogP contribution in [0.2, 0.25) is 0 Å². The quantitative estimate of drug-likeness (QED) is 0.479. The molecule has 0 bridgehead atoms. The maximum absolute atomic E-state index is 12.7. The average molecular weight is 478 g/mol. The van der Waals surface area contributed by atoms with Gasteiger partial charge in [-0.2, -0.15) is 0 Å². The number of hydrogen-bond donors (Lipinski definition) is 3. The number of nitrogens with zero attached hydrogens (tertiary/aromatic N) is 1. The summed E-state index contributed by atoms with van der Waals surface area (Å²) in [5.74, 6) is -1.60. The largest absolute Gasteiger partial charge is 0.480 e. The number of carboxylic acid groups (broad SMARTS) is 1. The highest BCUT2D eigenvalue weighted by Crippen LogP contribution is 2.44. The van der Waals surface area contributed by atoms with E-state index in [4.69, 9.17) is 4.74 Å². The number of rotatable bonds is 6. The van der Waals surface area contributed by atoms with E-state index >= 15 is 0 Å². The molecule has 174 valence electrons. The number of amides is 2. The fraction of sp³-hybridized carbons (Fsp3) is 0.280. The van der Waals surface area contributed by atoms with Gasteiger partial charge < -0.3 is 15.2 Å². The second-order valence-corrected chi connectivity index (χ2v) is 9.58. The zero-order chi connectivity index (χ0) is 23.9. The van der Waals surface area contributed by atoms with E-state index in [0.29, 0.717) is 18.5 Å². The predicted octanol–water partition coefficient (Wildman–Crippen LogP) is 4.55. The van der Waals surface area contributed by atoms with Crippen LogP contribution in [0.3, 0.4) is 0 Å². The van der Waals surface area contributed by atoms with Crippen LogP contribution in [0.25, 0.3) is 11.1 Å². The van der Waals surface area contributed by atoms with Crippen molar-refractivity contribution in [1.29, 1.82) is 0 Å². The Kier molecular flexibility index (Phi) is 5.57. The van der Waals surface area contributed by atoms with Crippen molar-refractivity contribution in [3.63, 3.8) is 0 Å². The Morgan fingerprint density at radius 3 is 2.26 bits per heavy atom. The van der Waals surface area contributed by atoms with Crippen molar-refractivity contribution in [2.24, 2.45) is 0 Å². The number of thiazole rings is 1. The highest BCUT2D eigenvalue weighted by Gasteiger charge is 2.46. The zero-order valence-electron chi connectivity index (χ0n) is 18.5. The third-order valence-electron chi connectivity index (χ3n) is 6.52. The topological polar surface area (TPSA) is 118 Å². The highest BCUT2D eigenvalue weighted by molar-refractivity contribution is 7.17. The zero-order valence-corrected chi connectivity index (χ0v) is 19.3. The fourth-order valence-electron chi connectivity index (χ4n) is 4.58. The molecule has 0 spiro atoms. The molecule has 2 amide bonds. The first-order valence-electron chi connectivity index (χ1n) is 11.0. The van der Waals surface area contributed by atoms with Gasteiger partial charge in [-0.1, -0.05) is 59.9 Å². The van der Waals surface area contributed by atoms with E-state index in [-0.39, 0.29) is 22.5 Å². The van der Waals surface area contributed by atoms with Gasteiger partial charge in [0.2, 0.25) is 0 Å². The maximum Gasteiger partial charge on any atom is 0.413 e. The molecule has 0 saturated heterocycles. The van der Waals surface area contributed by atoms with E-state index in [1.165, 1.54) is 0 Å². The molecule has 2 aliphatic carbocycles. The number of nitrogens with one attached hydrogen (secondary N) is 2. The number of hydrogen-bond acceptors (Lipinski definition) is 6. The summed E-state index contributed by atoms with van der Waals surface area (Å²) in [5.41, 5.74) is 3.71. The smallest absolute Gasteiger partial charge is 0.413 e. The van der Waals surface area contributed by atoms with Gasteiger partial charge in [-0.15, -0.1) is 0 Å². The molecule has 0 unspecified atom stereocenters. The molecule has 0 atom stereocenters. The van der Waals surface area contributed by atoms with Crippen LogP contribution in [0.15, 0.2) is 48.5 Å². The van der Waals surface area contributed by atoms with Crippen molar-refractivity contribution in [3.05, 3.63) is 70.2 Å². The molecule has 1 heterocycles. The molecule has 2 aromatic carbocycles. The Bertz CT molecular complexity index is 1250. The number of carbonyl (C=O) groups excluding carboxylic acids is 2. The Morgan fingerprint density at radius 1 is 1.09 bits per heavy atom. The van der Waals surface area contributed by atoms with Gasteiger partial charge in [0.15, 0.2) is 5.13 Å². The van der Waals surface area contributed by atoms with Crippen molar-refractivity contribution in [3.8, 4) is 11.1 Å². The van der Waals surface area contributed by atoms with Crippen LogP contribution < -0.4 is 10.6 Å². The normalized spacial score (nSPS) is 15.6. The number of carboxylic acids is 1. The Labute approximate surface area is 200 Å². The van der Waals surface area contributed by atoms with Gasteiger partial charge in [0.1, 0.15) is 17.0 Å². The van der Waals surface area contributed by atoms with Crippen molar-refractivity contribution in [2.45, 2.75) is 37.6 Å². The summed E-state index contributed by atoms with van der Waals surface area (Å²) in [6.45, 7) is 1.81. The molecule has 0 aliphatic heterocycles. The predicted molar refractivity (Wildman–Crippen MR) is 127 cm³/mol.